The van der Waals surface area contributed by atoms with Crippen molar-refractivity contribution in [1.29, 1.82) is 0 Å². The summed E-state index contributed by atoms with van der Waals surface area (Å²) in [6.07, 6.45) is 4.40. The molecule has 11 nitrogen and oxygen atoms in total. The zero-order valence-electron chi connectivity index (χ0n) is 19.0. The molecule has 1 fully saturated rings. The minimum absolute atomic E-state index is 0.196. The van der Waals surface area contributed by atoms with Crippen molar-refractivity contribution in [3.63, 3.8) is 0 Å². The average molecular weight is 517 g/mol. The van der Waals surface area contributed by atoms with Crippen LogP contribution in [0.5, 0.6) is 0 Å². The lowest BCUT2D eigenvalue weighted by molar-refractivity contribution is 0.0607. The quantitative estimate of drug-likeness (QED) is 0.441. The minimum atomic E-state index is -2.94. The van der Waals surface area contributed by atoms with Crippen LogP contribution in [-0.2, 0) is 10.9 Å². The second kappa shape index (κ2) is 9.34. The van der Waals surface area contributed by atoms with Crippen LogP contribution < -0.4 is 15.4 Å². The lowest BCUT2D eigenvalue weighted by Crippen LogP contribution is -2.39. The van der Waals surface area contributed by atoms with Gasteiger partial charge >= 0.3 is 0 Å². The van der Waals surface area contributed by atoms with E-state index in [1.54, 1.807) is 15.5 Å². The number of fused-ring (bicyclic) bond motifs is 1. The van der Waals surface area contributed by atoms with Crippen molar-refractivity contribution >= 4 is 51.5 Å². The highest BCUT2D eigenvalue weighted by Gasteiger charge is 2.32. The summed E-state index contributed by atoms with van der Waals surface area (Å²) in [5, 5.41) is 5.09. The molecule has 0 radical (unpaired) electrons. The molecule has 1 atom stereocenters. The number of halogens is 1. The van der Waals surface area contributed by atoms with E-state index in [0.29, 0.717) is 36.3 Å². The number of rotatable bonds is 5. The third-order valence-corrected chi connectivity index (χ3v) is 6.94. The summed E-state index contributed by atoms with van der Waals surface area (Å²) < 4.78 is 26.6. The number of thiol groups is 1. The summed E-state index contributed by atoms with van der Waals surface area (Å²) in [6.45, 7) is 3.76. The number of carbonyl (C=O) groups is 1. The number of aryl methyl sites for hydroxylation is 1. The number of nitrogens with one attached hydrogen (secondary N) is 1. The van der Waals surface area contributed by atoms with Gasteiger partial charge in [0.05, 0.1) is 29.5 Å². The van der Waals surface area contributed by atoms with Gasteiger partial charge in [-0.3, -0.25) is 19.4 Å². The highest BCUT2D eigenvalue weighted by atomic mass is 35.5. The number of nitrogens with two attached hydrogens (primary N) is 1. The van der Waals surface area contributed by atoms with Crippen LogP contribution in [0, 0.1) is 6.92 Å². The van der Waals surface area contributed by atoms with Crippen molar-refractivity contribution in [2.24, 2.45) is 10.7 Å². The summed E-state index contributed by atoms with van der Waals surface area (Å²) in [6, 6.07) is 6.12. The van der Waals surface area contributed by atoms with E-state index in [2.05, 4.69) is 9.71 Å². The van der Waals surface area contributed by atoms with Crippen LogP contribution >= 0.6 is 11.6 Å². The van der Waals surface area contributed by atoms with Crippen LogP contribution in [0.1, 0.15) is 46.9 Å². The van der Waals surface area contributed by atoms with Crippen LogP contribution in [0.15, 0.2) is 35.5 Å². The van der Waals surface area contributed by atoms with E-state index in [9.17, 15) is 13.2 Å². The zero-order valence-corrected chi connectivity index (χ0v) is 20.7. The van der Waals surface area contributed by atoms with Gasteiger partial charge in [0.1, 0.15) is 5.82 Å². The Labute approximate surface area is 208 Å². The standard InChI is InChI=1S/C22H25ClN8O3S/c1-13-12-31-19(26-20(13)30-9-7-25-22(30)24)11-17(27-31)18-4-2-3-8-29(18)21(32)15-10-14(23)5-6-16(15)28-35(33)34/h5-6,10-12,18,35H,2-4,7-9H2,1H3,(H2,24,25)(H,28,33,34)/t18-/m0/s1. The Hall–Kier alpha value is -3.38. The Morgan fingerprint density at radius 3 is 2.80 bits per heavy atom. The number of guanidine groups is 1. The molecule has 4 heterocycles. The van der Waals surface area contributed by atoms with Gasteiger partial charge in [0, 0.05) is 35.9 Å². The number of carbonyl (C=O) groups excluding carboxylic acids is 1. The molecule has 2 aliphatic heterocycles. The SMILES string of the molecule is Cc1cn2nc([C@@H]3CCCCN3C(=O)c3cc(Cl)ccc3N[SH](=O)=O)cc2nc1N1CCN=C1N. The number of hydrogen-bond acceptors (Lipinski definition) is 8. The normalized spacial score (nSPS) is 18.4. The van der Waals surface area contributed by atoms with Gasteiger partial charge in [-0.15, -0.1) is 0 Å². The number of likely N-dealkylation sites (tertiary alicyclic amines) is 1. The summed E-state index contributed by atoms with van der Waals surface area (Å²) >= 11 is 6.14. The van der Waals surface area contributed by atoms with Gasteiger partial charge in [-0.25, -0.2) is 17.9 Å². The second-order valence-electron chi connectivity index (χ2n) is 8.58. The number of aliphatic imine (C=N–C) groups is 1. The predicted octanol–water partition coefficient (Wildman–Crippen LogP) is 2.13. The van der Waals surface area contributed by atoms with Crippen LogP contribution in [0.4, 0.5) is 11.5 Å². The van der Waals surface area contributed by atoms with E-state index in [-0.39, 0.29) is 23.2 Å². The lowest BCUT2D eigenvalue weighted by atomic mass is 9.98. The summed E-state index contributed by atoms with van der Waals surface area (Å²) in [4.78, 5) is 26.3. The Morgan fingerprint density at radius 2 is 2.06 bits per heavy atom. The number of amides is 1. The van der Waals surface area contributed by atoms with E-state index in [1.165, 1.54) is 12.1 Å². The molecule has 184 valence electrons. The topological polar surface area (TPSA) is 138 Å². The van der Waals surface area contributed by atoms with Gasteiger partial charge in [-0.05, 0) is 44.4 Å². The summed E-state index contributed by atoms with van der Waals surface area (Å²) in [5.74, 6) is 0.875. The molecule has 3 N–H and O–H groups in total. The van der Waals surface area contributed by atoms with Crippen molar-refractivity contribution in [3.8, 4) is 0 Å². The molecule has 0 saturated carbocycles. The van der Waals surface area contributed by atoms with E-state index in [4.69, 9.17) is 27.4 Å². The summed E-state index contributed by atoms with van der Waals surface area (Å²) in [7, 11) is -2.94. The zero-order chi connectivity index (χ0) is 24.7. The van der Waals surface area contributed by atoms with Crippen molar-refractivity contribution in [2.45, 2.75) is 32.2 Å². The monoisotopic (exact) mass is 516 g/mol. The second-order valence-corrected chi connectivity index (χ2v) is 9.75. The fourth-order valence-corrected chi connectivity index (χ4v) is 5.22. The van der Waals surface area contributed by atoms with Crippen molar-refractivity contribution in [2.75, 3.05) is 29.3 Å². The molecule has 2 aromatic heterocycles. The Bertz CT molecular complexity index is 1410. The highest BCUT2D eigenvalue weighted by Crippen LogP contribution is 2.34. The fourth-order valence-electron chi connectivity index (χ4n) is 4.66. The number of anilines is 2. The first-order chi connectivity index (χ1) is 16.8. The van der Waals surface area contributed by atoms with Gasteiger partial charge in [0.25, 0.3) is 5.91 Å². The Kier molecular flexibility index (Phi) is 6.24. The molecular formula is C22H25ClN8O3S. The molecule has 0 aliphatic carbocycles. The van der Waals surface area contributed by atoms with E-state index in [0.717, 1.165) is 36.3 Å². The third-order valence-electron chi connectivity index (χ3n) is 6.28. The number of nitrogens with zero attached hydrogens (tertiary/aromatic N) is 6. The van der Waals surface area contributed by atoms with Gasteiger partial charge in [-0.2, -0.15) is 5.10 Å². The Morgan fingerprint density at radius 1 is 1.23 bits per heavy atom. The van der Waals surface area contributed by atoms with Gasteiger partial charge in [-0.1, -0.05) is 11.6 Å². The lowest BCUT2D eigenvalue weighted by Gasteiger charge is -2.35. The molecule has 3 aromatic rings. The first kappa shape index (κ1) is 23.4. The van der Waals surface area contributed by atoms with Crippen LogP contribution in [0.25, 0.3) is 5.65 Å². The first-order valence-electron chi connectivity index (χ1n) is 11.3. The summed E-state index contributed by atoms with van der Waals surface area (Å²) in [5.41, 5.74) is 8.69. The average Bonchev–Trinajstić information content (AvgIpc) is 3.44. The molecule has 35 heavy (non-hydrogen) atoms. The van der Waals surface area contributed by atoms with Crippen molar-refractivity contribution < 1.29 is 13.2 Å². The molecule has 1 saturated heterocycles. The largest absolute Gasteiger partial charge is 0.369 e. The number of aromatic nitrogens is 3. The van der Waals surface area contributed by atoms with Crippen LogP contribution in [-0.4, -0.2) is 59.4 Å². The van der Waals surface area contributed by atoms with Crippen molar-refractivity contribution in [3.05, 3.63) is 52.3 Å². The number of benzene rings is 1. The maximum Gasteiger partial charge on any atom is 0.256 e. The molecule has 5 rings (SSSR count). The van der Waals surface area contributed by atoms with Gasteiger partial charge in [0.2, 0.25) is 10.9 Å². The molecule has 0 spiro atoms. The molecular weight excluding hydrogens is 492 g/mol. The van der Waals surface area contributed by atoms with Crippen LogP contribution in [0.2, 0.25) is 5.02 Å². The van der Waals surface area contributed by atoms with Gasteiger partial charge < -0.3 is 10.6 Å². The van der Waals surface area contributed by atoms with E-state index < -0.39 is 10.9 Å². The molecule has 1 amide bonds. The smallest absolute Gasteiger partial charge is 0.256 e. The molecule has 0 bridgehead atoms. The van der Waals surface area contributed by atoms with Gasteiger partial charge in [0.15, 0.2) is 11.6 Å². The molecule has 2 aliphatic rings. The maximum atomic E-state index is 13.6. The van der Waals surface area contributed by atoms with Crippen LogP contribution in [0.3, 0.4) is 0 Å². The fraction of sp³-hybridized carbons (Fsp3) is 0.364. The number of piperidine rings is 1. The Balaban J connectivity index is 1.50. The molecule has 13 heteroatoms. The highest BCUT2D eigenvalue weighted by molar-refractivity contribution is 7.73. The third kappa shape index (κ3) is 4.50. The first-order valence-corrected chi connectivity index (χ1v) is 12.8. The van der Waals surface area contributed by atoms with E-state index in [1.807, 2.05) is 24.1 Å². The van der Waals surface area contributed by atoms with Crippen molar-refractivity contribution in [1.82, 2.24) is 19.5 Å². The molecule has 1 aromatic carbocycles. The maximum absolute atomic E-state index is 13.6. The minimum Gasteiger partial charge on any atom is -0.369 e. The van der Waals surface area contributed by atoms with E-state index >= 15 is 0 Å². The number of hydrogen-bond donors (Lipinski definition) is 3. The predicted molar refractivity (Wildman–Crippen MR) is 135 cm³/mol. The molecule has 0 unspecified atom stereocenters.